The maximum absolute atomic E-state index is 13.3. The van der Waals surface area contributed by atoms with E-state index in [4.69, 9.17) is 15.9 Å². The van der Waals surface area contributed by atoms with Gasteiger partial charge in [0.25, 0.3) is 0 Å². The Morgan fingerprint density at radius 2 is 2.07 bits per heavy atom. The Balaban J connectivity index is 3.36. The fourth-order valence-corrected chi connectivity index (χ4v) is 1.69. The van der Waals surface area contributed by atoms with Gasteiger partial charge < -0.3 is 21.1 Å². The van der Waals surface area contributed by atoms with Crippen LogP contribution in [-0.4, -0.2) is 21.9 Å². The van der Waals surface area contributed by atoms with E-state index in [9.17, 15) is 9.50 Å². The van der Waals surface area contributed by atoms with Crippen LogP contribution in [0.15, 0.2) is 10.5 Å². The normalized spacial score (nSPS) is 12.9. The van der Waals surface area contributed by atoms with E-state index < -0.39 is 23.4 Å². The second-order valence-electron chi connectivity index (χ2n) is 2.71. The molecule has 1 atom stereocenters. The van der Waals surface area contributed by atoms with Gasteiger partial charge in [-0.1, -0.05) is 15.9 Å². The van der Waals surface area contributed by atoms with E-state index in [0.29, 0.717) is 0 Å². The lowest BCUT2D eigenvalue weighted by Gasteiger charge is -2.13. The van der Waals surface area contributed by atoms with Crippen molar-refractivity contribution in [3.05, 3.63) is 21.9 Å². The van der Waals surface area contributed by atoms with Gasteiger partial charge in [0.2, 0.25) is 0 Å². The summed E-state index contributed by atoms with van der Waals surface area (Å²) in [6.07, 6.45) is -1.23. The highest BCUT2D eigenvalue weighted by molar-refractivity contribution is 9.10. The number of halogens is 2. The minimum Gasteiger partial charge on any atom is -0.504 e. The Kier molecular flexibility index (Phi) is 3.30. The van der Waals surface area contributed by atoms with Gasteiger partial charge in [0, 0.05) is 16.6 Å². The van der Waals surface area contributed by atoms with Crippen LogP contribution in [0.4, 0.5) is 4.39 Å². The summed E-state index contributed by atoms with van der Waals surface area (Å²) in [6.45, 7) is -0.181. The van der Waals surface area contributed by atoms with Gasteiger partial charge in [-0.2, -0.15) is 0 Å². The minimum atomic E-state index is -1.23. The van der Waals surface area contributed by atoms with Gasteiger partial charge in [0.1, 0.15) is 0 Å². The van der Waals surface area contributed by atoms with Crippen LogP contribution >= 0.6 is 15.9 Å². The van der Waals surface area contributed by atoms with E-state index in [0.717, 1.165) is 6.07 Å². The summed E-state index contributed by atoms with van der Waals surface area (Å²) >= 11 is 2.95. The third-order valence-electron chi connectivity index (χ3n) is 1.76. The van der Waals surface area contributed by atoms with Crippen LogP contribution in [-0.2, 0) is 0 Å². The molecule has 5 N–H and O–H groups in total. The first-order chi connectivity index (χ1) is 6.49. The molecule has 0 radical (unpaired) electrons. The number of rotatable bonds is 2. The van der Waals surface area contributed by atoms with Crippen LogP contribution in [0, 0.1) is 5.82 Å². The second kappa shape index (κ2) is 4.12. The van der Waals surface area contributed by atoms with E-state index in [1.54, 1.807) is 0 Å². The van der Waals surface area contributed by atoms with Gasteiger partial charge in [0.05, 0.1) is 6.10 Å². The van der Waals surface area contributed by atoms with Crippen LogP contribution < -0.4 is 5.73 Å². The Morgan fingerprint density at radius 3 is 2.57 bits per heavy atom. The Bertz CT molecular complexity index is 359. The van der Waals surface area contributed by atoms with Crippen molar-refractivity contribution in [2.24, 2.45) is 5.73 Å². The molecule has 0 saturated carbocycles. The molecule has 0 bridgehead atoms. The Labute approximate surface area is 87.9 Å². The number of hydrogen-bond acceptors (Lipinski definition) is 4. The summed E-state index contributed by atoms with van der Waals surface area (Å²) < 4.78 is 13.5. The van der Waals surface area contributed by atoms with E-state index in [2.05, 4.69) is 15.9 Å². The molecule has 1 aromatic carbocycles. The molecule has 0 heterocycles. The molecule has 6 heteroatoms. The topological polar surface area (TPSA) is 86.7 Å². The number of phenols is 2. The first-order valence-electron chi connectivity index (χ1n) is 3.77. The molecule has 0 fully saturated rings. The summed E-state index contributed by atoms with van der Waals surface area (Å²) in [5, 5.41) is 27.4. The van der Waals surface area contributed by atoms with Crippen LogP contribution in [0.2, 0.25) is 0 Å². The predicted molar refractivity (Wildman–Crippen MR) is 51.4 cm³/mol. The first kappa shape index (κ1) is 11.2. The SMILES string of the molecule is NCC(O)c1c(Br)cc(O)c(O)c1F. The van der Waals surface area contributed by atoms with E-state index in [-0.39, 0.29) is 16.6 Å². The lowest BCUT2D eigenvalue weighted by atomic mass is 10.1. The van der Waals surface area contributed by atoms with Crippen molar-refractivity contribution in [2.75, 3.05) is 6.54 Å². The van der Waals surface area contributed by atoms with Crippen molar-refractivity contribution in [2.45, 2.75) is 6.10 Å². The maximum Gasteiger partial charge on any atom is 0.194 e. The van der Waals surface area contributed by atoms with Crippen LogP contribution in [0.5, 0.6) is 11.5 Å². The zero-order valence-corrected chi connectivity index (χ0v) is 8.62. The number of phenolic OH excluding ortho intramolecular Hbond substituents is 2. The third kappa shape index (κ3) is 1.82. The summed E-state index contributed by atoms with van der Waals surface area (Å²) in [5.41, 5.74) is 4.98. The second-order valence-corrected chi connectivity index (χ2v) is 3.56. The van der Waals surface area contributed by atoms with Crippen molar-refractivity contribution < 1.29 is 19.7 Å². The average molecular weight is 266 g/mol. The molecule has 1 unspecified atom stereocenters. The van der Waals surface area contributed by atoms with Crippen LogP contribution in [0.25, 0.3) is 0 Å². The minimum absolute atomic E-state index is 0.156. The smallest absolute Gasteiger partial charge is 0.194 e. The highest BCUT2D eigenvalue weighted by Crippen LogP contribution is 2.37. The van der Waals surface area contributed by atoms with Gasteiger partial charge in [-0.15, -0.1) is 0 Å². The molecular weight excluding hydrogens is 257 g/mol. The first-order valence-corrected chi connectivity index (χ1v) is 4.56. The number of aliphatic hydroxyl groups is 1. The Morgan fingerprint density at radius 1 is 1.50 bits per heavy atom. The van der Waals surface area contributed by atoms with E-state index in [1.165, 1.54) is 0 Å². The standard InChI is InChI=1S/C8H9BrFNO3/c9-3-1-4(12)8(14)7(10)6(3)5(13)2-11/h1,5,12-14H,2,11H2. The summed E-state index contributed by atoms with van der Waals surface area (Å²) in [7, 11) is 0. The van der Waals surface area contributed by atoms with Crippen molar-refractivity contribution in [3.8, 4) is 11.5 Å². The highest BCUT2D eigenvalue weighted by Gasteiger charge is 2.21. The molecule has 14 heavy (non-hydrogen) atoms. The zero-order valence-electron chi connectivity index (χ0n) is 7.04. The summed E-state index contributed by atoms with van der Waals surface area (Å²) in [4.78, 5) is 0. The molecule has 0 amide bonds. The molecule has 1 aromatic rings. The molecule has 0 aliphatic rings. The molecule has 0 aliphatic heterocycles. The van der Waals surface area contributed by atoms with Gasteiger partial charge in [-0.05, 0) is 6.07 Å². The number of benzene rings is 1. The number of hydrogen-bond donors (Lipinski definition) is 4. The lowest BCUT2D eigenvalue weighted by Crippen LogP contribution is -2.13. The molecule has 78 valence electrons. The molecule has 0 aromatic heterocycles. The number of aliphatic hydroxyl groups excluding tert-OH is 1. The molecule has 0 saturated heterocycles. The fraction of sp³-hybridized carbons (Fsp3) is 0.250. The van der Waals surface area contributed by atoms with Gasteiger partial charge in [-0.3, -0.25) is 0 Å². The van der Waals surface area contributed by atoms with Crippen LogP contribution in [0.3, 0.4) is 0 Å². The van der Waals surface area contributed by atoms with Crippen LogP contribution in [0.1, 0.15) is 11.7 Å². The lowest BCUT2D eigenvalue weighted by molar-refractivity contribution is 0.179. The quantitative estimate of drug-likeness (QED) is 0.601. The Hall–Kier alpha value is -0.850. The molecule has 4 nitrogen and oxygen atoms in total. The van der Waals surface area contributed by atoms with Gasteiger partial charge in [-0.25, -0.2) is 4.39 Å². The van der Waals surface area contributed by atoms with Crippen molar-refractivity contribution >= 4 is 15.9 Å². The molecule has 1 rings (SSSR count). The summed E-state index contributed by atoms with van der Waals surface area (Å²) in [5.74, 6) is -2.56. The maximum atomic E-state index is 13.3. The van der Waals surface area contributed by atoms with Crippen molar-refractivity contribution in [3.63, 3.8) is 0 Å². The van der Waals surface area contributed by atoms with Gasteiger partial charge >= 0.3 is 0 Å². The zero-order chi connectivity index (χ0) is 10.9. The average Bonchev–Trinajstić information content (AvgIpc) is 2.14. The largest absolute Gasteiger partial charge is 0.504 e. The van der Waals surface area contributed by atoms with Gasteiger partial charge in [0.15, 0.2) is 17.3 Å². The molecule has 0 spiro atoms. The molecular formula is C8H9BrFNO3. The van der Waals surface area contributed by atoms with Crippen molar-refractivity contribution in [1.82, 2.24) is 0 Å². The predicted octanol–water partition coefficient (Wildman–Crippen LogP) is 0.991. The van der Waals surface area contributed by atoms with E-state index in [1.807, 2.05) is 0 Å². The van der Waals surface area contributed by atoms with Crippen molar-refractivity contribution in [1.29, 1.82) is 0 Å². The number of aromatic hydroxyl groups is 2. The van der Waals surface area contributed by atoms with E-state index >= 15 is 0 Å². The monoisotopic (exact) mass is 265 g/mol. The highest BCUT2D eigenvalue weighted by atomic mass is 79.9. The molecule has 0 aliphatic carbocycles. The third-order valence-corrected chi connectivity index (χ3v) is 2.42. The number of nitrogens with two attached hydrogens (primary N) is 1. The summed E-state index contributed by atoms with van der Waals surface area (Å²) in [6, 6.07) is 1.09. The fourth-order valence-electron chi connectivity index (χ4n) is 1.03.